The van der Waals surface area contributed by atoms with Gasteiger partial charge in [0.05, 0.1) is 24.2 Å². The zero-order chi connectivity index (χ0) is 24.1. The van der Waals surface area contributed by atoms with E-state index < -0.39 is 10.0 Å². The number of morpholine rings is 1. The van der Waals surface area contributed by atoms with Crippen molar-refractivity contribution >= 4 is 15.9 Å². The number of hydrogen-bond acceptors (Lipinski definition) is 5. The minimum atomic E-state index is -3.63. The van der Waals surface area contributed by atoms with Gasteiger partial charge < -0.3 is 10.1 Å². The molecule has 2 aliphatic heterocycles. The van der Waals surface area contributed by atoms with Crippen molar-refractivity contribution in [1.29, 1.82) is 0 Å². The van der Waals surface area contributed by atoms with E-state index in [0.717, 1.165) is 24.8 Å². The van der Waals surface area contributed by atoms with Gasteiger partial charge in [0.25, 0.3) is 5.91 Å². The quantitative estimate of drug-likeness (QED) is 0.647. The summed E-state index contributed by atoms with van der Waals surface area (Å²) in [5, 5.41) is 2.98. The van der Waals surface area contributed by atoms with Crippen LogP contribution in [0.4, 0.5) is 4.39 Å². The molecule has 2 heterocycles. The summed E-state index contributed by atoms with van der Waals surface area (Å²) < 4.78 is 46.7. The smallest absolute Gasteiger partial charge is 0.251 e. The molecule has 0 unspecified atom stereocenters. The fraction of sp³-hybridized carbons (Fsp3) is 0.480. The van der Waals surface area contributed by atoms with Crippen LogP contribution in [0.3, 0.4) is 0 Å². The molecule has 184 valence electrons. The Morgan fingerprint density at radius 3 is 2.38 bits per heavy atom. The molecule has 0 radical (unpaired) electrons. The van der Waals surface area contributed by atoms with Crippen LogP contribution in [0.1, 0.15) is 46.8 Å². The van der Waals surface area contributed by atoms with Crippen LogP contribution in [0.15, 0.2) is 47.4 Å². The Hall–Kier alpha value is -2.33. The summed E-state index contributed by atoms with van der Waals surface area (Å²) in [7, 11) is -3.63. The standard InChI is InChI=1S/C25H32FN3O4S/c1-19-5-10-22(34(31,32)29-11-3-2-4-12-29)17-23(19)25(30)27-18-24(28-13-15-33-16-14-28)20-6-8-21(26)9-7-20/h5-10,17,24H,2-4,11-16,18H2,1H3,(H,27,30)/t24-/m0/s1. The predicted molar refractivity (Wildman–Crippen MR) is 128 cm³/mol. The van der Waals surface area contributed by atoms with E-state index in [2.05, 4.69) is 10.2 Å². The number of carbonyl (C=O) groups excluding carboxylic acids is 1. The minimum absolute atomic E-state index is 0.144. The van der Waals surface area contributed by atoms with Crippen molar-refractivity contribution < 1.29 is 22.3 Å². The molecule has 2 aliphatic rings. The Morgan fingerprint density at radius 2 is 1.71 bits per heavy atom. The van der Waals surface area contributed by atoms with E-state index in [9.17, 15) is 17.6 Å². The summed E-state index contributed by atoms with van der Waals surface area (Å²) in [5.41, 5.74) is 1.96. The first-order chi connectivity index (χ1) is 16.4. The number of piperidine rings is 1. The van der Waals surface area contributed by atoms with Crippen molar-refractivity contribution in [2.45, 2.75) is 37.1 Å². The summed E-state index contributed by atoms with van der Waals surface area (Å²) in [5.74, 6) is -0.635. The van der Waals surface area contributed by atoms with E-state index in [1.165, 1.54) is 22.5 Å². The molecule has 0 aliphatic carbocycles. The first-order valence-corrected chi connectivity index (χ1v) is 13.3. The molecule has 1 atom stereocenters. The molecule has 0 bridgehead atoms. The molecular weight excluding hydrogens is 457 g/mol. The Balaban J connectivity index is 1.52. The van der Waals surface area contributed by atoms with Gasteiger partial charge >= 0.3 is 0 Å². The van der Waals surface area contributed by atoms with Crippen molar-refractivity contribution in [2.75, 3.05) is 45.9 Å². The predicted octanol–water partition coefficient (Wildman–Crippen LogP) is 3.11. The number of aryl methyl sites for hydroxylation is 1. The SMILES string of the molecule is Cc1ccc(S(=O)(=O)N2CCCCC2)cc1C(=O)NC[C@@H](c1ccc(F)cc1)N1CCOCC1. The van der Waals surface area contributed by atoms with Gasteiger partial charge in [-0.15, -0.1) is 0 Å². The number of rotatable bonds is 7. The molecule has 2 aromatic carbocycles. The van der Waals surface area contributed by atoms with Crippen molar-refractivity contribution in [1.82, 2.24) is 14.5 Å². The molecule has 4 rings (SSSR count). The molecule has 1 amide bonds. The number of hydrogen-bond donors (Lipinski definition) is 1. The second-order valence-corrected chi connectivity index (χ2v) is 10.8. The van der Waals surface area contributed by atoms with Gasteiger partial charge in [-0.3, -0.25) is 9.69 Å². The highest BCUT2D eigenvalue weighted by Gasteiger charge is 2.28. The Bertz CT molecular complexity index is 1100. The monoisotopic (exact) mass is 489 g/mol. The largest absolute Gasteiger partial charge is 0.379 e. The number of halogens is 1. The molecule has 0 aromatic heterocycles. The number of amides is 1. The van der Waals surface area contributed by atoms with Gasteiger partial charge in [0.15, 0.2) is 0 Å². The Labute approximate surface area is 200 Å². The van der Waals surface area contributed by atoms with Crippen LogP contribution < -0.4 is 5.32 Å². The summed E-state index contributed by atoms with van der Waals surface area (Å²) in [6.07, 6.45) is 2.74. The molecule has 0 saturated carbocycles. The number of carbonyl (C=O) groups is 1. The summed E-state index contributed by atoms with van der Waals surface area (Å²) >= 11 is 0. The normalized spacial score (nSPS) is 19.0. The van der Waals surface area contributed by atoms with Crippen LogP contribution in [0.2, 0.25) is 0 Å². The van der Waals surface area contributed by atoms with Gasteiger partial charge in [0.1, 0.15) is 5.82 Å². The van der Waals surface area contributed by atoms with Crippen LogP contribution in [0.25, 0.3) is 0 Å². The molecule has 0 spiro atoms. The highest BCUT2D eigenvalue weighted by atomic mass is 32.2. The van der Waals surface area contributed by atoms with Gasteiger partial charge in [0, 0.05) is 38.3 Å². The number of nitrogens with zero attached hydrogens (tertiary/aromatic N) is 2. The van der Waals surface area contributed by atoms with E-state index in [-0.39, 0.29) is 22.7 Å². The number of sulfonamides is 1. The van der Waals surface area contributed by atoms with Crippen molar-refractivity contribution in [3.05, 3.63) is 65.0 Å². The number of ether oxygens (including phenoxy) is 1. The third-order valence-corrected chi connectivity index (χ3v) is 8.50. The topological polar surface area (TPSA) is 79.0 Å². The lowest BCUT2D eigenvalue weighted by atomic mass is 10.0. The Kier molecular flexibility index (Phi) is 7.98. The van der Waals surface area contributed by atoms with E-state index in [1.807, 2.05) is 0 Å². The maximum absolute atomic E-state index is 13.5. The van der Waals surface area contributed by atoms with E-state index in [4.69, 9.17) is 4.74 Å². The van der Waals surface area contributed by atoms with Gasteiger partial charge in [-0.1, -0.05) is 24.6 Å². The molecule has 1 N–H and O–H groups in total. The maximum atomic E-state index is 13.5. The van der Waals surface area contributed by atoms with Crippen LogP contribution >= 0.6 is 0 Å². The van der Waals surface area contributed by atoms with Crippen molar-refractivity contribution in [2.24, 2.45) is 0 Å². The highest BCUT2D eigenvalue weighted by molar-refractivity contribution is 7.89. The molecule has 2 saturated heterocycles. The zero-order valence-corrected chi connectivity index (χ0v) is 20.3. The second kappa shape index (κ2) is 10.9. The van der Waals surface area contributed by atoms with Gasteiger partial charge in [-0.05, 0) is 55.2 Å². The van der Waals surface area contributed by atoms with Gasteiger partial charge in [0.2, 0.25) is 10.0 Å². The fourth-order valence-corrected chi connectivity index (χ4v) is 6.12. The van der Waals surface area contributed by atoms with Crippen LogP contribution in [0, 0.1) is 12.7 Å². The average Bonchev–Trinajstić information content (AvgIpc) is 2.86. The van der Waals surface area contributed by atoms with Crippen molar-refractivity contribution in [3.8, 4) is 0 Å². The third kappa shape index (κ3) is 5.66. The molecule has 2 fully saturated rings. The lowest BCUT2D eigenvalue weighted by Crippen LogP contribution is -2.44. The zero-order valence-electron chi connectivity index (χ0n) is 19.5. The lowest BCUT2D eigenvalue weighted by Gasteiger charge is -2.35. The minimum Gasteiger partial charge on any atom is -0.379 e. The summed E-state index contributed by atoms with van der Waals surface area (Å²) in [4.78, 5) is 15.5. The van der Waals surface area contributed by atoms with E-state index >= 15 is 0 Å². The Morgan fingerprint density at radius 1 is 1.03 bits per heavy atom. The molecule has 34 heavy (non-hydrogen) atoms. The van der Waals surface area contributed by atoms with Crippen molar-refractivity contribution in [3.63, 3.8) is 0 Å². The number of benzene rings is 2. The number of nitrogens with one attached hydrogen (secondary N) is 1. The molecule has 9 heteroatoms. The fourth-order valence-electron chi connectivity index (χ4n) is 4.58. The first-order valence-electron chi connectivity index (χ1n) is 11.8. The van der Waals surface area contributed by atoms with E-state index in [0.29, 0.717) is 57.1 Å². The third-order valence-electron chi connectivity index (χ3n) is 6.60. The highest BCUT2D eigenvalue weighted by Crippen LogP contribution is 2.24. The summed E-state index contributed by atoms with van der Waals surface area (Å²) in [6.45, 7) is 5.75. The van der Waals surface area contributed by atoms with Gasteiger partial charge in [-0.25, -0.2) is 12.8 Å². The second-order valence-electron chi connectivity index (χ2n) is 8.87. The van der Waals surface area contributed by atoms with Crippen LogP contribution in [-0.4, -0.2) is 69.5 Å². The lowest BCUT2D eigenvalue weighted by molar-refractivity contribution is 0.0162. The van der Waals surface area contributed by atoms with Crippen LogP contribution in [0.5, 0.6) is 0 Å². The molecule has 2 aromatic rings. The molecular formula is C25H32FN3O4S. The van der Waals surface area contributed by atoms with Crippen LogP contribution in [-0.2, 0) is 14.8 Å². The summed E-state index contributed by atoms with van der Waals surface area (Å²) in [6, 6.07) is 10.9. The maximum Gasteiger partial charge on any atom is 0.251 e. The molecule has 7 nitrogen and oxygen atoms in total. The average molecular weight is 490 g/mol. The van der Waals surface area contributed by atoms with E-state index in [1.54, 1.807) is 31.2 Å². The van der Waals surface area contributed by atoms with Gasteiger partial charge in [-0.2, -0.15) is 4.31 Å². The first kappa shape index (κ1) is 24.8.